The van der Waals surface area contributed by atoms with Crippen molar-refractivity contribution in [2.75, 3.05) is 27.3 Å². The first-order valence-electron chi connectivity index (χ1n) is 16.5. The van der Waals surface area contributed by atoms with Gasteiger partial charge in [0.1, 0.15) is 12.2 Å². The van der Waals surface area contributed by atoms with Gasteiger partial charge in [-0.15, -0.1) is 0 Å². The number of phenolic OH excluding ortho intramolecular Hbond substituents is 2. The largest absolute Gasteiger partial charge is 0.504 e. The molecule has 6 fully saturated rings. The van der Waals surface area contributed by atoms with E-state index in [4.69, 9.17) is 28.6 Å². The van der Waals surface area contributed by atoms with Gasteiger partial charge in [-0.05, 0) is 36.4 Å². The summed E-state index contributed by atoms with van der Waals surface area (Å²) in [5, 5.41) is 28.7. The molecule has 8 aliphatic rings. The molecule has 0 spiro atoms. The Morgan fingerprint density at radius 3 is 1.34 bits per heavy atom. The van der Waals surface area contributed by atoms with Gasteiger partial charge in [0.05, 0.1) is 73.4 Å². The van der Waals surface area contributed by atoms with Crippen LogP contribution >= 0.6 is 0 Å². The number of carbonyl (C=O) groups excluding carboxylic acids is 4. The lowest BCUT2D eigenvalue weighted by molar-refractivity contribution is -0.148. The Morgan fingerprint density at radius 2 is 0.960 bits per heavy atom. The van der Waals surface area contributed by atoms with Crippen LogP contribution in [0.5, 0.6) is 23.0 Å². The number of fused-ring (bicyclic) bond motifs is 16. The highest BCUT2D eigenvalue weighted by Gasteiger charge is 2.74. The number of rotatable bonds is 7. The van der Waals surface area contributed by atoms with Crippen molar-refractivity contribution in [1.82, 2.24) is 9.80 Å². The Kier molecular flexibility index (Phi) is 6.03. The van der Waals surface area contributed by atoms with Gasteiger partial charge in [0.2, 0.25) is 23.6 Å². The van der Waals surface area contributed by atoms with Crippen molar-refractivity contribution in [1.29, 1.82) is 0 Å². The van der Waals surface area contributed by atoms with Crippen molar-refractivity contribution in [2.24, 2.45) is 45.8 Å². The van der Waals surface area contributed by atoms with Crippen molar-refractivity contribution >= 4 is 35.1 Å². The fourth-order valence-corrected chi connectivity index (χ4v) is 9.63. The van der Waals surface area contributed by atoms with Crippen LogP contribution in [0.1, 0.15) is 11.1 Å². The van der Waals surface area contributed by atoms with Gasteiger partial charge in [-0.2, -0.15) is 0 Å². The summed E-state index contributed by atoms with van der Waals surface area (Å²) in [6, 6.07) is 9.58. The van der Waals surface area contributed by atoms with Crippen molar-refractivity contribution in [2.45, 2.75) is 36.6 Å². The molecule has 2 N–H and O–H groups in total. The molecule has 12 unspecified atom stereocenters. The zero-order chi connectivity index (χ0) is 34.3. The SMILES string of the molecule is COc1cc(C2=NOC3C4OC(C23)C2C(=O)N(CCN3C(=O)C5C6OC(C7C(c8ccc(O)c(OC)c8)=NOC67)C5C3=O)C(=O)C42)ccc1O. The van der Waals surface area contributed by atoms with Gasteiger partial charge < -0.3 is 38.8 Å². The number of nitrogens with zero attached hydrogens (tertiary/aromatic N) is 4. The molecule has 12 atom stereocenters. The van der Waals surface area contributed by atoms with E-state index >= 15 is 0 Å². The second kappa shape index (κ2) is 10.2. The molecule has 10 rings (SSSR count). The molecule has 6 saturated heterocycles. The lowest BCUT2D eigenvalue weighted by Gasteiger charge is -2.26. The highest BCUT2D eigenvalue weighted by molar-refractivity contribution is 6.11. The van der Waals surface area contributed by atoms with Crippen molar-refractivity contribution in [3.05, 3.63) is 47.5 Å². The van der Waals surface area contributed by atoms with Crippen LogP contribution in [0.25, 0.3) is 0 Å². The van der Waals surface area contributed by atoms with Crippen LogP contribution in [0.4, 0.5) is 0 Å². The zero-order valence-corrected chi connectivity index (χ0v) is 26.6. The molecule has 50 heavy (non-hydrogen) atoms. The minimum Gasteiger partial charge on any atom is -0.504 e. The minimum absolute atomic E-state index is 0.0348. The van der Waals surface area contributed by atoms with E-state index in [1.807, 2.05) is 0 Å². The summed E-state index contributed by atoms with van der Waals surface area (Å²) in [6.45, 7) is -0.292. The zero-order valence-electron chi connectivity index (χ0n) is 26.6. The average molecular weight is 687 g/mol. The van der Waals surface area contributed by atoms with Gasteiger partial charge in [-0.25, -0.2) is 0 Å². The number of imide groups is 2. The van der Waals surface area contributed by atoms with Crippen molar-refractivity contribution in [3.63, 3.8) is 0 Å². The number of benzene rings is 2. The van der Waals surface area contributed by atoms with Crippen LogP contribution in [-0.2, 0) is 38.3 Å². The van der Waals surface area contributed by atoms with Gasteiger partial charge >= 0.3 is 0 Å². The Balaban J connectivity index is 0.848. The number of oxime groups is 2. The molecule has 4 amide bonds. The van der Waals surface area contributed by atoms with Gasteiger partial charge in [-0.1, -0.05) is 10.3 Å². The smallest absolute Gasteiger partial charge is 0.236 e. The molecule has 8 aliphatic heterocycles. The van der Waals surface area contributed by atoms with Crippen molar-refractivity contribution < 1.29 is 58.0 Å². The van der Waals surface area contributed by atoms with E-state index in [1.54, 1.807) is 24.3 Å². The number of ether oxygens (including phenoxy) is 4. The second-order valence-electron chi connectivity index (χ2n) is 13.8. The first kappa shape index (κ1) is 29.7. The van der Waals surface area contributed by atoms with Crippen LogP contribution in [0.2, 0.25) is 0 Å². The van der Waals surface area contributed by atoms with Crippen LogP contribution < -0.4 is 9.47 Å². The molecule has 16 heteroatoms. The Bertz CT molecular complexity index is 1840. The van der Waals surface area contributed by atoms with Crippen LogP contribution in [0.3, 0.4) is 0 Å². The van der Waals surface area contributed by atoms with Gasteiger partial charge in [0.25, 0.3) is 0 Å². The number of hydrogen-bond donors (Lipinski definition) is 2. The third kappa shape index (κ3) is 3.61. The summed E-state index contributed by atoms with van der Waals surface area (Å²) in [7, 11) is 2.87. The summed E-state index contributed by atoms with van der Waals surface area (Å²) in [5.41, 5.74) is 2.36. The first-order valence-corrected chi connectivity index (χ1v) is 16.5. The molecule has 16 nitrogen and oxygen atoms in total. The summed E-state index contributed by atoms with van der Waals surface area (Å²) < 4.78 is 22.9. The van der Waals surface area contributed by atoms with Crippen LogP contribution in [0, 0.1) is 35.5 Å². The molecule has 0 aromatic heterocycles. The fourth-order valence-electron chi connectivity index (χ4n) is 9.63. The van der Waals surface area contributed by atoms with E-state index in [0.717, 1.165) is 9.80 Å². The third-order valence-corrected chi connectivity index (χ3v) is 11.8. The molecule has 2 aromatic rings. The molecule has 258 valence electrons. The predicted molar refractivity (Wildman–Crippen MR) is 164 cm³/mol. The third-order valence-electron chi connectivity index (χ3n) is 11.8. The molecular formula is C34H30N4O12. The number of likely N-dealkylation sites (tertiary alicyclic amines) is 2. The van der Waals surface area contributed by atoms with Gasteiger partial charge in [-0.3, -0.25) is 29.0 Å². The summed E-state index contributed by atoms with van der Waals surface area (Å²) >= 11 is 0. The van der Waals surface area contributed by atoms with Gasteiger partial charge in [0, 0.05) is 24.2 Å². The van der Waals surface area contributed by atoms with E-state index in [0.29, 0.717) is 22.6 Å². The maximum atomic E-state index is 13.8. The maximum absolute atomic E-state index is 13.8. The second-order valence-corrected chi connectivity index (χ2v) is 13.8. The van der Waals surface area contributed by atoms with E-state index in [-0.39, 0.29) is 36.1 Å². The van der Waals surface area contributed by atoms with Gasteiger partial charge in [0.15, 0.2) is 35.2 Å². The highest BCUT2D eigenvalue weighted by atomic mass is 16.7. The minimum atomic E-state index is -0.765. The molecule has 8 heterocycles. The van der Waals surface area contributed by atoms with E-state index < -0.39 is 95.8 Å². The molecular weight excluding hydrogens is 656 g/mol. The summed E-state index contributed by atoms with van der Waals surface area (Å²) in [6.07, 6.45) is -3.85. The van der Waals surface area contributed by atoms with E-state index in [9.17, 15) is 29.4 Å². The van der Waals surface area contributed by atoms with Crippen LogP contribution in [-0.4, -0.2) is 119 Å². The quantitative estimate of drug-likeness (QED) is 0.371. The predicted octanol–water partition coefficient (Wildman–Crippen LogP) is 0.0178. The molecule has 0 aliphatic carbocycles. The number of methoxy groups -OCH3 is 2. The Hall–Kier alpha value is -5.22. The number of phenols is 2. The maximum Gasteiger partial charge on any atom is 0.236 e. The summed E-state index contributed by atoms with van der Waals surface area (Å²) in [4.78, 5) is 68.9. The highest BCUT2D eigenvalue weighted by Crippen LogP contribution is 2.56. The molecule has 2 aromatic carbocycles. The van der Waals surface area contributed by atoms with Crippen molar-refractivity contribution in [3.8, 4) is 23.0 Å². The average Bonchev–Trinajstić information content (AvgIpc) is 3.97. The normalized spacial score (nSPS) is 38.2. The number of aromatic hydroxyl groups is 2. The topological polar surface area (TPSA) is 195 Å². The van der Waals surface area contributed by atoms with E-state index in [2.05, 4.69) is 10.3 Å². The molecule has 0 radical (unpaired) electrons. The lowest BCUT2D eigenvalue weighted by atomic mass is 9.71. The summed E-state index contributed by atoms with van der Waals surface area (Å²) in [5.74, 6) is -5.14. The van der Waals surface area contributed by atoms with Crippen LogP contribution in [0.15, 0.2) is 46.7 Å². The first-order chi connectivity index (χ1) is 24.2. The molecule has 4 bridgehead atoms. The lowest BCUT2D eigenvalue weighted by Crippen LogP contribution is -2.45. The van der Waals surface area contributed by atoms with E-state index in [1.165, 1.54) is 26.4 Å². The number of hydrogen-bond acceptors (Lipinski definition) is 14. The number of amides is 4. The molecule has 0 saturated carbocycles. The monoisotopic (exact) mass is 686 g/mol. The Morgan fingerprint density at radius 1 is 0.580 bits per heavy atom. The Labute approximate surface area is 283 Å². The standard InChI is InChI=1S/C34H30N4O12/c1-45-15-9-11(3-5-13(15)39)23-21-25-17-19(27(47-25)29(21)49-35-23)33(43)37(31(17)41)7-8-38-32(42)18-20(34(38)44)28-30-22(26(18)48-28)24(36-50-30)12-4-6-14(40)16(10-12)46-2/h3-6,9-10,17-22,25-30,39-40H,7-8H2,1-2H3. The fraction of sp³-hybridized carbons (Fsp3) is 0.471. The number of carbonyl (C=O) groups is 4.